The number of benzene rings is 1. The van der Waals surface area contributed by atoms with Gasteiger partial charge in [0.2, 0.25) is 0 Å². The van der Waals surface area contributed by atoms with E-state index in [9.17, 15) is 0 Å². The summed E-state index contributed by atoms with van der Waals surface area (Å²) in [5.41, 5.74) is 2.69. The van der Waals surface area contributed by atoms with Gasteiger partial charge in [-0.05, 0) is 18.0 Å². The van der Waals surface area contributed by atoms with Gasteiger partial charge in [-0.1, -0.05) is 30.2 Å². The van der Waals surface area contributed by atoms with Crippen LogP contribution in [0.4, 0.5) is 0 Å². The lowest BCUT2D eigenvalue weighted by Crippen LogP contribution is -1.99. The number of terminal acetylenes is 1. The molecule has 2 heterocycles. The molecule has 2 aromatic heterocycles. The number of fused-ring (bicyclic) bond motifs is 3. The number of hydrogen-bond donors (Lipinski definition) is 0. The zero-order valence-electron chi connectivity index (χ0n) is 10.8. The molecule has 5 heteroatoms. The van der Waals surface area contributed by atoms with Crippen LogP contribution in [0.25, 0.3) is 22.1 Å². The van der Waals surface area contributed by atoms with E-state index in [0.29, 0.717) is 12.2 Å². The standard InChI is InChI=1S/C15H12N4S/c1-3-7-13-16-15-14(18-17-13)11-8-5-6-9-12(11)19(15)20-10-4-2/h1,4-6,8-9H,2,7,10H2. The maximum Gasteiger partial charge on any atom is 0.174 e. The first kappa shape index (κ1) is 12.7. The highest BCUT2D eigenvalue weighted by Crippen LogP contribution is 2.29. The van der Waals surface area contributed by atoms with Crippen LogP contribution >= 0.6 is 11.9 Å². The average Bonchev–Trinajstić information content (AvgIpc) is 2.79. The van der Waals surface area contributed by atoms with E-state index in [1.807, 2.05) is 24.3 Å². The molecule has 0 saturated carbocycles. The number of para-hydroxylation sites is 1. The minimum atomic E-state index is 0.386. The lowest BCUT2D eigenvalue weighted by atomic mass is 10.2. The molecule has 0 fully saturated rings. The third kappa shape index (κ3) is 2.04. The van der Waals surface area contributed by atoms with Crippen molar-refractivity contribution in [2.45, 2.75) is 6.42 Å². The maximum atomic E-state index is 5.31. The SMILES string of the molecule is C#CCc1nnc2c3ccccc3n(SCC=C)c2n1. The van der Waals surface area contributed by atoms with Crippen molar-refractivity contribution >= 4 is 34.0 Å². The molecule has 0 saturated heterocycles. The van der Waals surface area contributed by atoms with Crippen LogP contribution in [0.2, 0.25) is 0 Å². The summed E-state index contributed by atoms with van der Waals surface area (Å²) in [5, 5.41) is 9.43. The molecular formula is C15H12N4S. The van der Waals surface area contributed by atoms with Crippen molar-refractivity contribution in [3.05, 3.63) is 42.7 Å². The van der Waals surface area contributed by atoms with Crippen LogP contribution in [0.3, 0.4) is 0 Å². The van der Waals surface area contributed by atoms with Gasteiger partial charge in [-0.2, -0.15) is 0 Å². The second-order valence-corrected chi connectivity index (χ2v) is 5.13. The predicted molar refractivity (Wildman–Crippen MR) is 83.4 cm³/mol. The van der Waals surface area contributed by atoms with Gasteiger partial charge in [-0.15, -0.1) is 23.2 Å². The lowest BCUT2D eigenvalue weighted by Gasteiger charge is -2.03. The number of nitrogens with zero attached hydrogens (tertiary/aromatic N) is 4. The van der Waals surface area contributed by atoms with E-state index in [-0.39, 0.29) is 0 Å². The fourth-order valence-electron chi connectivity index (χ4n) is 2.06. The van der Waals surface area contributed by atoms with Crippen LogP contribution < -0.4 is 0 Å². The highest BCUT2D eigenvalue weighted by molar-refractivity contribution is 7.98. The first-order valence-corrected chi connectivity index (χ1v) is 7.10. The topological polar surface area (TPSA) is 43.6 Å². The third-order valence-electron chi connectivity index (χ3n) is 2.86. The first-order chi connectivity index (χ1) is 9.85. The Bertz CT molecular complexity index is 829. The summed E-state index contributed by atoms with van der Waals surface area (Å²) in [7, 11) is 0. The fourth-order valence-corrected chi connectivity index (χ4v) is 2.86. The van der Waals surface area contributed by atoms with Crippen LogP contribution in [0, 0.1) is 12.3 Å². The smallest absolute Gasteiger partial charge is 0.174 e. The number of hydrogen-bond acceptors (Lipinski definition) is 4. The molecule has 0 aliphatic heterocycles. The molecular weight excluding hydrogens is 268 g/mol. The zero-order chi connectivity index (χ0) is 13.9. The Hall–Kier alpha value is -2.32. The molecule has 3 rings (SSSR count). The third-order valence-corrected chi connectivity index (χ3v) is 3.88. The fraction of sp³-hybridized carbons (Fsp3) is 0.133. The average molecular weight is 280 g/mol. The molecule has 0 spiro atoms. The van der Waals surface area contributed by atoms with Crippen LogP contribution in [0.5, 0.6) is 0 Å². The van der Waals surface area contributed by atoms with E-state index in [1.54, 1.807) is 11.9 Å². The van der Waals surface area contributed by atoms with Crippen molar-refractivity contribution in [1.82, 2.24) is 19.2 Å². The van der Waals surface area contributed by atoms with Gasteiger partial charge in [0.15, 0.2) is 11.5 Å². The monoisotopic (exact) mass is 280 g/mol. The number of aromatic nitrogens is 4. The van der Waals surface area contributed by atoms with Crippen molar-refractivity contribution in [3.8, 4) is 12.3 Å². The minimum absolute atomic E-state index is 0.386. The Kier molecular flexibility index (Phi) is 3.40. The van der Waals surface area contributed by atoms with E-state index < -0.39 is 0 Å². The van der Waals surface area contributed by atoms with E-state index in [2.05, 4.69) is 37.7 Å². The van der Waals surface area contributed by atoms with Crippen molar-refractivity contribution < 1.29 is 0 Å². The molecule has 0 amide bonds. The zero-order valence-corrected chi connectivity index (χ0v) is 11.6. The Labute approximate surface area is 121 Å². The van der Waals surface area contributed by atoms with Gasteiger partial charge >= 0.3 is 0 Å². The van der Waals surface area contributed by atoms with Crippen molar-refractivity contribution in [3.63, 3.8) is 0 Å². The summed E-state index contributed by atoms with van der Waals surface area (Å²) in [6.07, 6.45) is 7.56. The Morgan fingerprint density at radius 2 is 2.20 bits per heavy atom. The molecule has 0 unspecified atom stereocenters. The van der Waals surface area contributed by atoms with Gasteiger partial charge in [-0.25, -0.2) is 4.98 Å². The highest BCUT2D eigenvalue weighted by Gasteiger charge is 2.14. The van der Waals surface area contributed by atoms with Crippen molar-refractivity contribution in [1.29, 1.82) is 0 Å². The number of rotatable bonds is 4. The van der Waals surface area contributed by atoms with Crippen LogP contribution in [0.1, 0.15) is 5.82 Å². The summed E-state index contributed by atoms with van der Waals surface area (Å²) in [4.78, 5) is 4.55. The quantitative estimate of drug-likeness (QED) is 0.544. The minimum Gasteiger partial charge on any atom is -0.265 e. The summed E-state index contributed by atoms with van der Waals surface area (Å²) >= 11 is 1.63. The van der Waals surface area contributed by atoms with Crippen LogP contribution in [-0.4, -0.2) is 24.9 Å². The van der Waals surface area contributed by atoms with Gasteiger partial charge in [0.1, 0.15) is 5.52 Å². The molecule has 3 aromatic rings. The molecule has 0 atom stereocenters. The molecule has 0 radical (unpaired) electrons. The Morgan fingerprint density at radius 3 is 3.00 bits per heavy atom. The molecule has 20 heavy (non-hydrogen) atoms. The van der Waals surface area contributed by atoms with E-state index in [4.69, 9.17) is 6.42 Å². The molecule has 0 aliphatic rings. The molecule has 0 N–H and O–H groups in total. The Balaban J connectivity index is 2.30. The van der Waals surface area contributed by atoms with Crippen molar-refractivity contribution in [2.24, 2.45) is 0 Å². The second-order valence-electron chi connectivity index (χ2n) is 4.18. The highest BCUT2D eigenvalue weighted by atomic mass is 32.2. The lowest BCUT2D eigenvalue weighted by molar-refractivity contribution is 0.917. The van der Waals surface area contributed by atoms with Gasteiger partial charge in [0.25, 0.3) is 0 Å². The molecule has 0 bridgehead atoms. The van der Waals surface area contributed by atoms with Gasteiger partial charge in [-0.3, -0.25) is 3.97 Å². The predicted octanol–water partition coefficient (Wildman–Crippen LogP) is 2.84. The van der Waals surface area contributed by atoms with Crippen LogP contribution in [-0.2, 0) is 6.42 Å². The summed E-state index contributed by atoms with van der Waals surface area (Å²) in [5.74, 6) is 3.91. The second kappa shape index (κ2) is 5.35. The first-order valence-electron chi connectivity index (χ1n) is 6.15. The van der Waals surface area contributed by atoms with Crippen LogP contribution in [0.15, 0.2) is 36.9 Å². The summed E-state index contributed by atoms with van der Waals surface area (Å²) in [6.45, 7) is 3.76. The van der Waals surface area contributed by atoms with E-state index in [1.165, 1.54) is 0 Å². The van der Waals surface area contributed by atoms with E-state index in [0.717, 1.165) is 27.8 Å². The molecule has 98 valence electrons. The molecule has 0 aliphatic carbocycles. The maximum absolute atomic E-state index is 5.31. The van der Waals surface area contributed by atoms with Crippen molar-refractivity contribution in [2.75, 3.05) is 5.75 Å². The van der Waals surface area contributed by atoms with Gasteiger partial charge in [0, 0.05) is 11.1 Å². The Morgan fingerprint density at radius 1 is 1.35 bits per heavy atom. The van der Waals surface area contributed by atoms with E-state index >= 15 is 0 Å². The summed E-state index contributed by atoms with van der Waals surface area (Å²) in [6, 6.07) is 8.07. The largest absolute Gasteiger partial charge is 0.265 e. The van der Waals surface area contributed by atoms with Gasteiger partial charge < -0.3 is 0 Å². The van der Waals surface area contributed by atoms with Gasteiger partial charge in [0.05, 0.1) is 11.9 Å². The molecule has 4 nitrogen and oxygen atoms in total. The molecule has 1 aromatic carbocycles. The summed E-state index contributed by atoms with van der Waals surface area (Å²) < 4.78 is 2.07. The normalized spacial score (nSPS) is 10.8.